The van der Waals surface area contributed by atoms with Crippen molar-refractivity contribution in [1.82, 2.24) is 5.32 Å². The summed E-state index contributed by atoms with van der Waals surface area (Å²) in [4.78, 5) is 23.0. The summed E-state index contributed by atoms with van der Waals surface area (Å²) in [5.41, 5.74) is 0. The van der Waals surface area contributed by atoms with Gasteiger partial charge in [0.1, 0.15) is 13.2 Å². The fourth-order valence-electron chi connectivity index (χ4n) is 6.20. The van der Waals surface area contributed by atoms with Crippen LogP contribution in [0.4, 0.5) is 0 Å². The van der Waals surface area contributed by atoms with Gasteiger partial charge in [0.25, 0.3) is 0 Å². The summed E-state index contributed by atoms with van der Waals surface area (Å²) in [6.45, 7) is 4.56. The summed E-state index contributed by atoms with van der Waals surface area (Å²) in [5, 5.41) is 13.7. The molecule has 0 aromatic heterocycles. The van der Waals surface area contributed by atoms with Crippen LogP contribution in [0.25, 0.3) is 0 Å². The van der Waals surface area contributed by atoms with E-state index in [1.165, 1.54) is 19.3 Å². The Morgan fingerprint density at radius 2 is 0.882 bits per heavy atom. The molecule has 0 bridgehead atoms. The number of amides is 1. The molecule has 0 radical (unpaired) electrons. The quantitative estimate of drug-likeness (QED) is 0.0243. The molecule has 3 unspecified atom stereocenters. The van der Waals surface area contributed by atoms with Gasteiger partial charge < -0.3 is 19.8 Å². The maximum atomic E-state index is 12.8. The van der Waals surface area contributed by atoms with Gasteiger partial charge >= 0.3 is 7.82 Å². The van der Waals surface area contributed by atoms with Gasteiger partial charge in [-0.2, -0.15) is 0 Å². The Balaban J connectivity index is 4.16. The first-order valence-electron chi connectivity index (χ1n) is 25.9. The van der Waals surface area contributed by atoms with Crippen molar-refractivity contribution in [3.63, 3.8) is 0 Å². The zero-order chi connectivity index (χ0) is 49.9. The summed E-state index contributed by atoms with van der Waals surface area (Å²) in [6.07, 6.45) is 76.6. The zero-order valence-electron chi connectivity index (χ0n) is 43.3. The summed E-state index contributed by atoms with van der Waals surface area (Å²) in [7, 11) is 1.51. The minimum atomic E-state index is -4.35. The smallest absolute Gasteiger partial charge is 0.387 e. The summed E-state index contributed by atoms with van der Waals surface area (Å²) in [6, 6.07) is -0.878. The van der Waals surface area contributed by atoms with Crippen molar-refractivity contribution in [3.05, 3.63) is 158 Å². The summed E-state index contributed by atoms with van der Waals surface area (Å²) >= 11 is 0. The van der Waals surface area contributed by atoms with E-state index in [9.17, 15) is 19.4 Å². The van der Waals surface area contributed by atoms with Crippen LogP contribution in [0.2, 0.25) is 0 Å². The number of hydrogen-bond acceptors (Lipinski definition) is 5. The number of nitrogens with one attached hydrogen (secondary N) is 1. The van der Waals surface area contributed by atoms with Gasteiger partial charge in [-0.3, -0.25) is 13.8 Å². The number of aliphatic hydroxyl groups is 1. The van der Waals surface area contributed by atoms with E-state index in [1.54, 1.807) is 6.08 Å². The molecule has 8 nitrogen and oxygen atoms in total. The number of aliphatic hydroxyl groups excluding tert-OH is 1. The molecule has 0 aliphatic rings. The second kappa shape index (κ2) is 48.2. The van der Waals surface area contributed by atoms with E-state index < -0.39 is 20.0 Å². The fraction of sp³-hybridized carbons (Fsp3) is 0.542. The highest BCUT2D eigenvalue weighted by atomic mass is 31.2. The van der Waals surface area contributed by atoms with Gasteiger partial charge in [0.15, 0.2) is 0 Å². The van der Waals surface area contributed by atoms with Crippen molar-refractivity contribution >= 4 is 13.7 Å². The second-order valence-electron chi connectivity index (χ2n) is 17.8. The lowest BCUT2D eigenvalue weighted by atomic mass is 10.1. The maximum Gasteiger partial charge on any atom is 0.472 e. The predicted molar refractivity (Wildman–Crippen MR) is 294 cm³/mol. The summed E-state index contributed by atoms with van der Waals surface area (Å²) < 4.78 is 23.4. The monoisotopic (exact) mass is 960 g/mol. The fourth-order valence-corrected chi connectivity index (χ4v) is 6.93. The number of unbranched alkanes of at least 4 members (excludes halogenated alkanes) is 7. The zero-order valence-corrected chi connectivity index (χ0v) is 44.2. The Hall–Kier alpha value is -3.88. The average Bonchev–Trinajstić information content (AvgIpc) is 3.30. The predicted octanol–water partition coefficient (Wildman–Crippen LogP) is 15.5. The highest BCUT2D eigenvalue weighted by Gasteiger charge is 2.27. The number of phosphoric acid groups is 1. The van der Waals surface area contributed by atoms with E-state index in [0.717, 1.165) is 109 Å². The normalized spacial score (nSPS) is 15.3. The van der Waals surface area contributed by atoms with Crippen LogP contribution in [-0.2, 0) is 18.4 Å². The van der Waals surface area contributed by atoms with Crippen LogP contribution in [0.3, 0.4) is 0 Å². The molecule has 0 aromatic rings. The van der Waals surface area contributed by atoms with Crippen LogP contribution in [-0.4, -0.2) is 73.4 Å². The molecule has 0 saturated carbocycles. The van der Waals surface area contributed by atoms with E-state index in [2.05, 4.69) is 165 Å². The molecule has 3 atom stereocenters. The molecule has 0 rings (SSSR count). The van der Waals surface area contributed by atoms with Crippen molar-refractivity contribution in [2.45, 2.75) is 167 Å². The molecule has 0 fully saturated rings. The molecule has 3 N–H and O–H groups in total. The third kappa shape index (κ3) is 50.0. The number of nitrogens with zero attached hydrogens (tertiary/aromatic N) is 1. The standard InChI is InChI=1S/C59H95N2O6P/c1-6-8-10-12-14-15-16-17-18-19-20-21-22-23-24-25-26-27-28-29-30-31-32-33-34-35-36-37-38-39-40-41-42-43-44-45-47-49-51-53-59(63)60-57(58(62)52-50-48-46-13-11-9-7-2)56-67-68(64,65)66-55-54-61(3,4)5/h8,10,14-15,17-18,20-21,23-24,26-27,29-30,32-33,35-36,38-39,41-42,44-45,50,52,57-58,62H,6-7,9,11-13,16,19,22,25,28,31,34,37,40,43,46-49,51,53-56H2,1-5H3,(H-,60,63,64,65)/p+1/b10-8-,15-14-,18-17-,21-20-,24-23-,27-26-,30-29-,33-32-,36-35-,39-38-,42-41-,45-44-,52-50+. The van der Waals surface area contributed by atoms with Crippen LogP contribution < -0.4 is 5.32 Å². The van der Waals surface area contributed by atoms with Crippen LogP contribution in [0.1, 0.15) is 155 Å². The molecule has 0 heterocycles. The van der Waals surface area contributed by atoms with Gasteiger partial charge in [-0.15, -0.1) is 0 Å². The SMILES string of the molecule is CC/C=C\C/C=C\C/C=C\C/C=C\C/C=C\C/C=C\C/C=C\C/C=C\C/C=C\C/C=C\C/C=C\C/C=C\CCCCC(=O)NC(COP(=O)(O)OCC[N+](C)(C)C)C(O)/C=C/CCCCCCC. The average molecular weight is 960 g/mol. The van der Waals surface area contributed by atoms with Crippen LogP contribution in [0.15, 0.2) is 158 Å². The molecular weight excluding hydrogens is 864 g/mol. The third-order valence-corrected chi connectivity index (χ3v) is 11.2. The molecule has 68 heavy (non-hydrogen) atoms. The first kappa shape index (κ1) is 64.1. The van der Waals surface area contributed by atoms with Crippen molar-refractivity contribution in [3.8, 4) is 0 Å². The van der Waals surface area contributed by atoms with E-state index >= 15 is 0 Å². The Kier molecular flexibility index (Phi) is 45.4. The topological polar surface area (TPSA) is 105 Å². The lowest BCUT2D eigenvalue weighted by molar-refractivity contribution is -0.870. The molecule has 0 aromatic carbocycles. The number of phosphoric ester groups is 1. The van der Waals surface area contributed by atoms with Gasteiger partial charge in [0.2, 0.25) is 5.91 Å². The van der Waals surface area contributed by atoms with Gasteiger partial charge in [0.05, 0.1) is 39.9 Å². The number of carbonyl (C=O) groups is 1. The summed E-state index contributed by atoms with van der Waals surface area (Å²) in [5.74, 6) is -0.232. The molecule has 1 amide bonds. The second-order valence-corrected chi connectivity index (χ2v) is 19.3. The molecule has 9 heteroatoms. The molecule has 0 spiro atoms. The van der Waals surface area contributed by atoms with Crippen LogP contribution in [0.5, 0.6) is 0 Å². The largest absolute Gasteiger partial charge is 0.472 e. The van der Waals surface area contributed by atoms with E-state index in [-0.39, 0.29) is 25.5 Å². The Bertz CT molecular complexity index is 1650. The van der Waals surface area contributed by atoms with E-state index in [0.29, 0.717) is 17.4 Å². The molecule has 0 saturated heterocycles. The molecular formula is C59H96N2O6P+. The first-order chi connectivity index (χ1) is 33.0. The number of allylic oxidation sites excluding steroid dienone is 25. The van der Waals surface area contributed by atoms with Crippen LogP contribution >= 0.6 is 7.82 Å². The maximum absolute atomic E-state index is 12.8. The lowest BCUT2D eigenvalue weighted by Crippen LogP contribution is -2.45. The van der Waals surface area contributed by atoms with Crippen molar-refractivity contribution in [1.29, 1.82) is 0 Å². The van der Waals surface area contributed by atoms with Crippen molar-refractivity contribution in [2.75, 3.05) is 40.9 Å². The van der Waals surface area contributed by atoms with Crippen molar-refractivity contribution < 1.29 is 32.9 Å². The van der Waals surface area contributed by atoms with E-state index in [1.807, 2.05) is 27.2 Å². The Labute approximate surface area is 416 Å². The third-order valence-electron chi connectivity index (χ3n) is 10.3. The Morgan fingerprint density at radius 3 is 1.28 bits per heavy atom. The highest BCUT2D eigenvalue weighted by molar-refractivity contribution is 7.47. The van der Waals surface area contributed by atoms with Gasteiger partial charge in [0, 0.05) is 6.42 Å². The molecule has 0 aliphatic carbocycles. The number of quaternary nitrogens is 1. The first-order valence-corrected chi connectivity index (χ1v) is 27.4. The highest BCUT2D eigenvalue weighted by Crippen LogP contribution is 2.43. The minimum absolute atomic E-state index is 0.0433. The number of rotatable bonds is 44. The van der Waals surface area contributed by atoms with Crippen LogP contribution in [0, 0.1) is 0 Å². The van der Waals surface area contributed by atoms with Crippen molar-refractivity contribution in [2.24, 2.45) is 0 Å². The minimum Gasteiger partial charge on any atom is -0.387 e. The lowest BCUT2D eigenvalue weighted by Gasteiger charge is -2.25. The molecule has 0 aliphatic heterocycles. The number of hydrogen-bond donors (Lipinski definition) is 3. The Morgan fingerprint density at radius 1 is 0.515 bits per heavy atom. The molecule has 382 valence electrons. The number of carbonyl (C=O) groups excluding carboxylic acids is 1. The van der Waals surface area contributed by atoms with E-state index in [4.69, 9.17) is 9.05 Å². The van der Waals surface area contributed by atoms with Gasteiger partial charge in [-0.05, 0) is 109 Å². The van der Waals surface area contributed by atoms with Gasteiger partial charge in [-0.1, -0.05) is 198 Å². The number of likely N-dealkylation sites (N-methyl/N-ethyl adjacent to an activating group) is 1. The van der Waals surface area contributed by atoms with Gasteiger partial charge in [-0.25, -0.2) is 4.57 Å².